The van der Waals surface area contributed by atoms with E-state index in [9.17, 15) is 9.59 Å². The molecule has 5 nitrogen and oxygen atoms in total. The molecule has 1 aromatic heterocycles. The SMILES string of the molecule is O=C(NCC(=O)N1CCN(Cc2ccc(Cl)s2)CC1)c1ccc(Cl)cc1Cl. The number of benzene rings is 1. The molecule has 0 radical (unpaired) electrons. The van der Waals surface area contributed by atoms with Gasteiger partial charge in [-0.3, -0.25) is 14.5 Å². The maximum absolute atomic E-state index is 12.4. The number of carbonyl (C=O) groups excluding carboxylic acids is 2. The minimum Gasteiger partial charge on any atom is -0.343 e. The molecule has 2 heterocycles. The average molecular weight is 447 g/mol. The van der Waals surface area contributed by atoms with Crippen LogP contribution in [0.3, 0.4) is 0 Å². The summed E-state index contributed by atoms with van der Waals surface area (Å²) in [5, 5.41) is 3.34. The third kappa shape index (κ3) is 5.59. The Morgan fingerprint density at radius 3 is 2.41 bits per heavy atom. The van der Waals surface area contributed by atoms with Crippen molar-refractivity contribution in [2.45, 2.75) is 6.54 Å². The molecular formula is C18H18Cl3N3O2S. The van der Waals surface area contributed by atoms with E-state index in [1.807, 2.05) is 12.1 Å². The van der Waals surface area contributed by atoms with Crippen LogP contribution in [0.2, 0.25) is 14.4 Å². The van der Waals surface area contributed by atoms with Crippen LogP contribution >= 0.6 is 46.1 Å². The van der Waals surface area contributed by atoms with Gasteiger partial charge in [-0.2, -0.15) is 0 Å². The molecule has 0 aliphatic carbocycles. The second-order valence-corrected chi connectivity index (χ2v) is 8.81. The Balaban J connectivity index is 1.44. The summed E-state index contributed by atoms with van der Waals surface area (Å²) in [7, 11) is 0. The van der Waals surface area contributed by atoms with Crippen LogP contribution in [-0.2, 0) is 11.3 Å². The third-order valence-corrected chi connectivity index (χ3v) is 6.07. The lowest BCUT2D eigenvalue weighted by Crippen LogP contribution is -2.50. The summed E-state index contributed by atoms with van der Waals surface area (Å²) >= 11 is 19.4. The molecule has 0 saturated carbocycles. The predicted octanol–water partition coefficient (Wildman–Crippen LogP) is 3.78. The molecule has 2 aromatic rings. The Labute approximate surface area is 176 Å². The van der Waals surface area contributed by atoms with E-state index in [1.54, 1.807) is 28.4 Å². The number of nitrogens with zero attached hydrogens (tertiary/aromatic N) is 2. The first-order chi connectivity index (χ1) is 12.9. The van der Waals surface area contributed by atoms with Gasteiger partial charge in [-0.15, -0.1) is 11.3 Å². The van der Waals surface area contributed by atoms with Crippen LogP contribution in [0.15, 0.2) is 30.3 Å². The molecule has 144 valence electrons. The third-order valence-electron chi connectivity index (χ3n) is 4.31. The van der Waals surface area contributed by atoms with Crippen molar-refractivity contribution in [2.24, 2.45) is 0 Å². The molecule has 27 heavy (non-hydrogen) atoms. The van der Waals surface area contributed by atoms with E-state index in [2.05, 4.69) is 10.2 Å². The van der Waals surface area contributed by atoms with Crippen LogP contribution in [0.4, 0.5) is 0 Å². The largest absolute Gasteiger partial charge is 0.343 e. The lowest BCUT2D eigenvalue weighted by molar-refractivity contribution is -0.131. The van der Waals surface area contributed by atoms with E-state index in [4.69, 9.17) is 34.8 Å². The molecule has 0 atom stereocenters. The second kappa shape index (κ2) is 9.26. The normalized spacial score (nSPS) is 15.0. The summed E-state index contributed by atoms with van der Waals surface area (Å²) in [5.74, 6) is -0.495. The van der Waals surface area contributed by atoms with Crippen molar-refractivity contribution in [1.29, 1.82) is 0 Å². The van der Waals surface area contributed by atoms with Gasteiger partial charge in [0.05, 0.1) is 21.5 Å². The highest BCUT2D eigenvalue weighted by Crippen LogP contribution is 2.23. The van der Waals surface area contributed by atoms with Crippen molar-refractivity contribution >= 4 is 58.0 Å². The number of piperazine rings is 1. The Morgan fingerprint density at radius 2 is 1.78 bits per heavy atom. The summed E-state index contributed by atoms with van der Waals surface area (Å²) in [6.45, 7) is 3.63. The molecule has 1 aliphatic heterocycles. The molecular weight excluding hydrogens is 429 g/mol. The van der Waals surface area contributed by atoms with Crippen LogP contribution < -0.4 is 5.32 Å². The molecule has 1 N–H and O–H groups in total. The van der Waals surface area contributed by atoms with Crippen LogP contribution in [0.1, 0.15) is 15.2 Å². The molecule has 9 heteroatoms. The maximum atomic E-state index is 12.4. The molecule has 1 aromatic carbocycles. The fourth-order valence-electron chi connectivity index (χ4n) is 2.85. The Kier molecular flexibility index (Phi) is 7.00. The second-order valence-electron chi connectivity index (χ2n) is 6.17. The zero-order valence-corrected chi connectivity index (χ0v) is 17.5. The van der Waals surface area contributed by atoms with Gasteiger partial charge in [0.2, 0.25) is 5.91 Å². The molecule has 1 aliphatic rings. The summed E-state index contributed by atoms with van der Waals surface area (Å²) in [5.41, 5.74) is 0.299. The predicted molar refractivity (Wildman–Crippen MR) is 110 cm³/mol. The minimum atomic E-state index is -0.391. The highest BCUT2D eigenvalue weighted by Gasteiger charge is 2.22. The van der Waals surface area contributed by atoms with E-state index in [0.29, 0.717) is 23.7 Å². The van der Waals surface area contributed by atoms with Crippen molar-refractivity contribution < 1.29 is 9.59 Å². The van der Waals surface area contributed by atoms with Crippen molar-refractivity contribution in [2.75, 3.05) is 32.7 Å². The molecule has 3 rings (SSSR count). The monoisotopic (exact) mass is 445 g/mol. The fraction of sp³-hybridized carbons (Fsp3) is 0.333. The minimum absolute atomic E-state index is 0.0572. The highest BCUT2D eigenvalue weighted by atomic mass is 35.5. The standard InChI is InChI=1S/C18H18Cl3N3O2S/c19-12-1-3-14(15(20)9-12)18(26)22-10-17(25)24-7-5-23(6-8-24)11-13-2-4-16(21)27-13/h1-4,9H,5-8,10-11H2,(H,22,26). The zero-order valence-electron chi connectivity index (χ0n) is 14.4. The lowest BCUT2D eigenvalue weighted by atomic mass is 10.2. The van der Waals surface area contributed by atoms with Gasteiger partial charge < -0.3 is 10.2 Å². The smallest absolute Gasteiger partial charge is 0.253 e. The van der Waals surface area contributed by atoms with E-state index < -0.39 is 5.91 Å². The number of amides is 2. The molecule has 1 saturated heterocycles. The van der Waals surface area contributed by atoms with Gasteiger partial charge in [0.25, 0.3) is 5.91 Å². The van der Waals surface area contributed by atoms with E-state index >= 15 is 0 Å². The average Bonchev–Trinajstić information content (AvgIpc) is 3.05. The van der Waals surface area contributed by atoms with Gasteiger partial charge in [-0.1, -0.05) is 34.8 Å². The number of hydrogen-bond acceptors (Lipinski definition) is 4. The Morgan fingerprint density at radius 1 is 1.04 bits per heavy atom. The van der Waals surface area contributed by atoms with Crippen molar-refractivity contribution in [3.05, 3.63) is 55.2 Å². The Bertz CT molecular complexity index is 835. The number of rotatable bonds is 5. The van der Waals surface area contributed by atoms with E-state index in [1.165, 1.54) is 10.9 Å². The van der Waals surface area contributed by atoms with Crippen LogP contribution in [0.5, 0.6) is 0 Å². The van der Waals surface area contributed by atoms with E-state index in [0.717, 1.165) is 24.0 Å². The maximum Gasteiger partial charge on any atom is 0.253 e. The van der Waals surface area contributed by atoms with Crippen LogP contribution in [0, 0.1) is 0 Å². The summed E-state index contributed by atoms with van der Waals surface area (Å²) in [6, 6.07) is 8.56. The van der Waals surface area contributed by atoms with Gasteiger partial charge in [0.15, 0.2) is 0 Å². The molecule has 2 amide bonds. The molecule has 1 fully saturated rings. The van der Waals surface area contributed by atoms with E-state index in [-0.39, 0.29) is 17.5 Å². The topological polar surface area (TPSA) is 52.7 Å². The highest BCUT2D eigenvalue weighted by molar-refractivity contribution is 7.16. The van der Waals surface area contributed by atoms with Crippen molar-refractivity contribution in [3.63, 3.8) is 0 Å². The van der Waals surface area contributed by atoms with Gasteiger partial charge in [0.1, 0.15) is 0 Å². The van der Waals surface area contributed by atoms with Crippen molar-refractivity contribution in [1.82, 2.24) is 15.1 Å². The number of halogens is 3. The summed E-state index contributed by atoms with van der Waals surface area (Å²) < 4.78 is 0.787. The lowest BCUT2D eigenvalue weighted by Gasteiger charge is -2.34. The summed E-state index contributed by atoms with van der Waals surface area (Å²) in [6.07, 6.45) is 0. The Hall–Kier alpha value is -1.31. The van der Waals surface area contributed by atoms with Gasteiger partial charge >= 0.3 is 0 Å². The number of nitrogens with one attached hydrogen (secondary N) is 1. The van der Waals surface area contributed by atoms with Gasteiger partial charge in [-0.25, -0.2) is 0 Å². The quantitative estimate of drug-likeness (QED) is 0.760. The van der Waals surface area contributed by atoms with Gasteiger partial charge in [0, 0.05) is 42.6 Å². The molecule has 0 bridgehead atoms. The number of thiophene rings is 1. The molecule has 0 unspecified atom stereocenters. The first-order valence-electron chi connectivity index (χ1n) is 8.40. The summed E-state index contributed by atoms with van der Waals surface area (Å²) in [4.78, 5) is 29.8. The van der Waals surface area contributed by atoms with Crippen molar-refractivity contribution in [3.8, 4) is 0 Å². The fourth-order valence-corrected chi connectivity index (χ4v) is 4.47. The molecule has 0 spiro atoms. The zero-order chi connectivity index (χ0) is 19.4. The van der Waals surface area contributed by atoms with Crippen LogP contribution in [-0.4, -0.2) is 54.3 Å². The first-order valence-corrected chi connectivity index (χ1v) is 10.3. The first kappa shape index (κ1) is 20.4. The number of carbonyl (C=O) groups is 2. The number of hydrogen-bond donors (Lipinski definition) is 1. The van der Waals surface area contributed by atoms with Crippen LogP contribution in [0.25, 0.3) is 0 Å². The van der Waals surface area contributed by atoms with Gasteiger partial charge in [-0.05, 0) is 30.3 Å².